The van der Waals surface area contributed by atoms with Gasteiger partial charge in [-0.25, -0.2) is 4.79 Å². The lowest BCUT2D eigenvalue weighted by Gasteiger charge is -2.56. The van der Waals surface area contributed by atoms with Gasteiger partial charge < -0.3 is 24.3 Å². The Hall–Kier alpha value is -3.35. The zero-order valence-corrected chi connectivity index (χ0v) is 23.0. The van der Waals surface area contributed by atoms with Crippen LogP contribution in [0.25, 0.3) is 0 Å². The van der Waals surface area contributed by atoms with Crippen LogP contribution in [0.4, 0.5) is 0 Å². The summed E-state index contributed by atoms with van der Waals surface area (Å²) in [6.45, 7) is 2.85. The van der Waals surface area contributed by atoms with E-state index in [0.29, 0.717) is 11.3 Å². The molecule has 4 rings (SSSR count). The maximum absolute atomic E-state index is 13.5. The molecule has 10 nitrogen and oxygen atoms in total. The van der Waals surface area contributed by atoms with Gasteiger partial charge >= 0.3 is 11.9 Å². The standard InChI is InChI=1S/C26H28N2O8S2/c1-15(36-16(2)29)20-14-38-25-26(34-4,27-21(30)12-19-6-5-11-37-19)24(32)28(25)22(20)23(31)35-13-17-7-9-18(33-3)10-8-17/h5-11,15,25H,12-14H2,1-4H3,(H,27,30)/t15?,25-,26+/m1/s1. The molecule has 0 bridgehead atoms. The average molecular weight is 561 g/mol. The number of benzene rings is 1. The van der Waals surface area contributed by atoms with Gasteiger partial charge in [0.2, 0.25) is 5.91 Å². The molecule has 1 N–H and O–H groups in total. The van der Waals surface area contributed by atoms with Gasteiger partial charge in [-0.1, -0.05) is 18.2 Å². The lowest BCUT2D eigenvalue weighted by molar-refractivity contribution is -0.193. The molecule has 38 heavy (non-hydrogen) atoms. The highest BCUT2D eigenvalue weighted by Gasteiger charge is 2.67. The number of β-lactam (4-membered cyclic amide) rings is 1. The molecule has 1 aromatic carbocycles. The zero-order chi connectivity index (χ0) is 27.4. The lowest BCUT2D eigenvalue weighted by atomic mass is 9.96. The molecule has 12 heteroatoms. The number of thioether (sulfide) groups is 1. The maximum atomic E-state index is 13.5. The monoisotopic (exact) mass is 560 g/mol. The molecule has 2 aliphatic heterocycles. The van der Waals surface area contributed by atoms with E-state index in [9.17, 15) is 19.2 Å². The molecule has 2 amide bonds. The lowest BCUT2D eigenvalue weighted by Crippen LogP contribution is -2.81. The first kappa shape index (κ1) is 27.7. The average Bonchev–Trinajstić information content (AvgIpc) is 3.42. The number of nitrogens with one attached hydrogen (secondary N) is 1. The highest BCUT2D eigenvalue weighted by Crippen LogP contribution is 2.47. The molecule has 2 aromatic rings. The highest BCUT2D eigenvalue weighted by molar-refractivity contribution is 8.00. The molecule has 0 aliphatic carbocycles. The predicted octanol–water partition coefficient (Wildman–Crippen LogP) is 2.62. The summed E-state index contributed by atoms with van der Waals surface area (Å²) in [5.74, 6) is -1.35. The van der Waals surface area contributed by atoms with Crippen LogP contribution in [0.3, 0.4) is 0 Å². The Kier molecular flexibility index (Phi) is 8.44. The van der Waals surface area contributed by atoms with Gasteiger partial charge in [-0.15, -0.1) is 23.1 Å². The van der Waals surface area contributed by atoms with Crippen molar-refractivity contribution < 1.29 is 38.1 Å². The minimum atomic E-state index is -1.64. The van der Waals surface area contributed by atoms with Crippen molar-refractivity contribution in [1.82, 2.24) is 10.2 Å². The van der Waals surface area contributed by atoms with Gasteiger partial charge in [-0.2, -0.15) is 0 Å². The van der Waals surface area contributed by atoms with E-state index in [2.05, 4.69) is 5.32 Å². The van der Waals surface area contributed by atoms with Gasteiger partial charge in [0.05, 0.1) is 13.5 Å². The summed E-state index contributed by atoms with van der Waals surface area (Å²) in [6, 6.07) is 10.7. The van der Waals surface area contributed by atoms with Crippen LogP contribution in [0.2, 0.25) is 0 Å². The summed E-state index contributed by atoms with van der Waals surface area (Å²) in [5, 5.41) is 3.88. The number of ether oxygens (including phenoxy) is 4. The number of thiophene rings is 1. The molecule has 1 saturated heterocycles. The van der Waals surface area contributed by atoms with E-state index in [1.165, 1.54) is 42.0 Å². The van der Waals surface area contributed by atoms with Gasteiger partial charge in [0, 0.05) is 30.2 Å². The topological polar surface area (TPSA) is 120 Å². The van der Waals surface area contributed by atoms with Crippen LogP contribution in [-0.4, -0.2) is 65.8 Å². The van der Waals surface area contributed by atoms with Crippen LogP contribution < -0.4 is 10.1 Å². The first-order valence-corrected chi connectivity index (χ1v) is 13.7. The van der Waals surface area contributed by atoms with Crippen molar-refractivity contribution in [1.29, 1.82) is 0 Å². The molecule has 3 atom stereocenters. The number of hydrogen-bond donors (Lipinski definition) is 1. The van der Waals surface area contributed by atoms with E-state index < -0.39 is 35.0 Å². The number of carbonyl (C=O) groups is 4. The Morgan fingerprint density at radius 1 is 1.18 bits per heavy atom. The SMILES string of the molecule is COc1ccc(COC(=O)C2=C(C(C)OC(C)=O)CS[C@H]3N2C(=O)[C@]3(NC(=O)Cc2cccs2)OC)cc1. The van der Waals surface area contributed by atoms with Crippen LogP contribution >= 0.6 is 23.1 Å². The Balaban J connectivity index is 1.58. The van der Waals surface area contributed by atoms with Crippen LogP contribution in [-0.2, 0) is 46.4 Å². The Morgan fingerprint density at radius 3 is 2.53 bits per heavy atom. The molecular weight excluding hydrogens is 532 g/mol. The minimum absolute atomic E-state index is 0.0128. The van der Waals surface area contributed by atoms with Crippen LogP contribution in [0, 0.1) is 0 Å². The molecule has 0 spiro atoms. The van der Waals surface area contributed by atoms with Gasteiger partial charge in [-0.05, 0) is 36.1 Å². The van der Waals surface area contributed by atoms with Crippen LogP contribution in [0.5, 0.6) is 5.75 Å². The van der Waals surface area contributed by atoms with Crippen molar-refractivity contribution in [2.45, 2.75) is 44.1 Å². The van der Waals surface area contributed by atoms with Crippen molar-refractivity contribution in [2.75, 3.05) is 20.0 Å². The summed E-state index contributed by atoms with van der Waals surface area (Å²) in [7, 11) is 2.89. The largest absolute Gasteiger partial charge is 0.497 e. The van der Waals surface area contributed by atoms with E-state index in [1.54, 1.807) is 38.3 Å². The van der Waals surface area contributed by atoms with E-state index in [4.69, 9.17) is 18.9 Å². The molecule has 0 radical (unpaired) electrons. The second kappa shape index (κ2) is 11.6. The number of hydrogen-bond acceptors (Lipinski definition) is 10. The first-order valence-electron chi connectivity index (χ1n) is 11.7. The summed E-state index contributed by atoms with van der Waals surface area (Å²) in [6.07, 6.45) is -0.683. The van der Waals surface area contributed by atoms with Crippen molar-refractivity contribution in [2.24, 2.45) is 0 Å². The molecule has 202 valence electrons. The van der Waals surface area contributed by atoms with Crippen molar-refractivity contribution in [3.05, 3.63) is 63.5 Å². The Morgan fingerprint density at radius 2 is 1.92 bits per heavy atom. The number of fused-ring (bicyclic) bond motifs is 1. The first-order chi connectivity index (χ1) is 18.2. The second-order valence-electron chi connectivity index (χ2n) is 8.63. The Labute approximate surface area is 228 Å². The maximum Gasteiger partial charge on any atom is 0.355 e. The number of methoxy groups -OCH3 is 2. The van der Waals surface area contributed by atoms with Crippen molar-refractivity contribution in [3.63, 3.8) is 0 Å². The van der Waals surface area contributed by atoms with Gasteiger partial charge in [0.1, 0.15) is 29.5 Å². The molecule has 1 aromatic heterocycles. The molecule has 0 saturated carbocycles. The number of rotatable bonds is 10. The number of amides is 2. The fourth-order valence-corrected chi connectivity index (χ4v) is 6.54. The van der Waals surface area contributed by atoms with E-state index >= 15 is 0 Å². The molecule has 2 aliphatic rings. The molecule has 1 unspecified atom stereocenters. The number of carbonyl (C=O) groups excluding carboxylic acids is 4. The van der Waals surface area contributed by atoms with E-state index in [-0.39, 0.29) is 30.4 Å². The predicted molar refractivity (Wildman–Crippen MR) is 140 cm³/mol. The fraction of sp³-hybridized carbons (Fsp3) is 0.385. The summed E-state index contributed by atoms with van der Waals surface area (Å²) in [5.41, 5.74) is -0.500. The molecule has 3 heterocycles. The summed E-state index contributed by atoms with van der Waals surface area (Å²) < 4.78 is 21.6. The summed E-state index contributed by atoms with van der Waals surface area (Å²) in [4.78, 5) is 53.5. The zero-order valence-electron chi connectivity index (χ0n) is 21.3. The van der Waals surface area contributed by atoms with Gasteiger partial charge in [0.25, 0.3) is 11.6 Å². The van der Waals surface area contributed by atoms with Crippen molar-refractivity contribution in [3.8, 4) is 5.75 Å². The third-order valence-corrected chi connectivity index (χ3v) is 8.39. The quantitative estimate of drug-likeness (QED) is 0.266. The van der Waals surface area contributed by atoms with Crippen LogP contribution in [0.15, 0.2) is 53.0 Å². The fourth-order valence-electron chi connectivity index (χ4n) is 4.28. The third-order valence-electron chi connectivity index (χ3n) is 6.18. The van der Waals surface area contributed by atoms with E-state index in [0.717, 1.165) is 10.4 Å². The third kappa shape index (κ3) is 5.42. The minimum Gasteiger partial charge on any atom is -0.497 e. The van der Waals surface area contributed by atoms with E-state index in [1.807, 2.05) is 17.5 Å². The highest BCUT2D eigenvalue weighted by atomic mass is 32.2. The van der Waals surface area contributed by atoms with Crippen LogP contribution in [0.1, 0.15) is 24.3 Å². The molecular formula is C26H28N2O8S2. The molecule has 1 fully saturated rings. The number of nitrogens with zero attached hydrogens (tertiary/aromatic N) is 1. The second-order valence-corrected chi connectivity index (χ2v) is 10.7. The van der Waals surface area contributed by atoms with Gasteiger partial charge in [-0.3, -0.25) is 19.3 Å². The number of esters is 2. The van der Waals surface area contributed by atoms with Crippen molar-refractivity contribution >= 4 is 46.9 Å². The Bertz CT molecular complexity index is 1240. The normalized spacial score (nSPS) is 21.2. The van der Waals surface area contributed by atoms with Gasteiger partial charge in [0.15, 0.2) is 0 Å². The summed E-state index contributed by atoms with van der Waals surface area (Å²) >= 11 is 2.73. The smallest absolute Gasteiger partial charge is 0.355 e.